The average molecular weight is 268 g/mol. The number of rotatable bonds is 7. The number of nitrogens with two attached hydrogens (primary N) is 1. The molecule has 1 aromatic carbocycles. The molecule has 0 saturated heterocycles. The zero-order valence-corrected chi connectivity index (χ0v) is 11.4. The minimum atomic E-state index is -0.509. The molecule has 1 rings (SSSR count). The first kappa shape index (κ1) is 15.4. The second-order valence-electron chi connectivity index (χ2n) is 4.85. The fourth-order valence-electron chi connectivity index (χ4n) is 1.54. The van der Waals surface area contributed by atoms with Crippen molar-refractivity contribution >= 4 is 11.6 Å². The predicted molar refractivity (Wildman–Crippen MR) is 73.4 cm³/mol. The second kappa shape index (κ2) is 7.74. The highest BCUT2D eigenvalue weighted by Crippen LogP contribution is 2.10. The van der Waals surface area contributed by atoms with Crippen LogP contribution in [0.5, 0.6) is 0 Å². The summed E-state index contributed by atoms with van der Waals surface area (Å²) in [5.74, 6) is -0.328. The van der Waals surface area contributed by atoms with E-state index in [0.29, 0.717) is 25.7 Å². The van der Waals surface area contributed by atoms with Crippen molar-refractivity contribution < 1.29 is 13.9 Å². The molecule has 3 N–H and O–H groups in total. The molecule has 0 atom stereocenters. The number of hydrogen-bond acceptors (Lipinski definition) is 3. The maximum absolute atomic E-state index is 13.1. The van der Waals surface area contributed by atoms with Gasteiger partial charge in [0.2, 0.25) is 0 Å². The summed E-state index contributed by atoms with van der Waals surface area (Å²) >= 11 is 0. The SMILES string of the molecule is CC(C)COCCCNC(=O)c1cc(N)cc(F)c1. The summed E-state index contributed by atoms with van der Waals surface area (Å²) in [5, 5.41) is 2.70. The minimum absolute atomic E-state index is 0.237. The zero-order chi connectivity index (χ0) is 14.3. The number of benzene rings is 1. The highest BCUT2D eigenvalue weighted by Gasteiger charge is 2.07. The van der Waals surface area contributed by atoms with Crippen molar-refractivity contribution in [1.29, 1.82) is 0 Å². The Morgan fingerprint density at radius 1 is 1.42 bits per heavy atom. The first-order chi connectivity index (χ1) is 8.99. The number of hydrogen-bond donors (Lipinski definition) is 2. The van der Waals surface area contributed by atoms with E-state index in [1.807, 2.05) is 0 Å². The third-order valence-corrected chi connectivity index (χ3v) is 2.38. The third kappa shape index (κ3) is 6.20. The van der Waals surface area contributed by atoms with Crippen molar-refractivity contribution in [2.45, 2.75) is 20.3 Å². The van der Waals surface area contributed by atoms with Gasteiger partial charge < -0.3 is 15.8 Å². The number of nitrogen functional groups attached to an aromatic ring is 1. The molecule has 0 aliphatic carbocycles. The van der Waals surface area contributed by atoms with Gasteiger partial charge in [0, 0.05) is 31.0 Å². The lowest BCUT2D eigenvalue weighted by molar-refractivity contribution is 0.0924. The van der Waals surface area contributed by atoms with Gasteiger partial charge in [-0.2, -0.15) is 0 Å². The van der Waals surface area contributed by atoms with Crippen LogP contribution in [-0.2, 0) is 4.74 Å². The van der Waals surface area contributed by atoms with Gasteiger partial charge in [-0.25, -0.2) is 4.39 Å². The monoisotopic (exact) mass is 268 g/mol. The summed E-state index contributed by atoms with van der Waals surface area (Å²) in [4.78, 5) is 11.7. The predicted octanol–water partition coefficient (Wildman–Crippen LogP) is 2.20. The number of nitrogens with one attached hydrogen (secondary N) is 1. The van der Waals surface area contributed by atoms with E-state index in [2.05, 4.69) is 19.2 Å². The number of ether oxygens (including phenoxy) is 1. The molecule has 0 heterocycles. The summed E-state index contributed by atoms with van der Waals surface area (Å²) in [6, 6.07) is 3.80. The molecule has 5 heteroatoms. The molecular formula is C14H21FN2O2. The van der Waals surface area contributed by atoms with Gasteiger partial charge in [-0.05, 0) is 30.5 Å². The van der Waals surface area contributed by atoms with Gasteiger partial charge in [-0.3, -0.25) is 4.79 Å². The number of amides is 1. The first-order valence-electron chi connectivity index (χ1n) is 6.41. The van der Waals surface area contributed by atoms with Crippen molar-refractivity contribution in [1.82, 2.24) is 5.32 Å². The van der Waals surface area contributed by atoms with Crippen molar-refractivity contribution in [3.63, 3.8) is 0 Å². The largest absolute Gasteiger partial charge is 0.399 e. The van der Waals surface area contributed by atoms with Crippen LogP contribution in [0.25, 0.3) is 0 Å². The normalized spacial score (nSPS) is 10.7. The molecule has 0 fully saturated rings. The fourth-order valence-corrected chi connectivity index (χ4v) is 1.54. The van der Waals surface area contributed by atoms with Gasteiger partial charge in [0.05, 0.1) is 0 Å². The molecule has 0 unspecified atom stereocenters. The number of carbonyl (C=O) groups is 1. The second-order valence-corrected chi connectivity index (χ2v) is 4.85. The van der Waals surface area contributed by atoms with Crippen LogP contribution in [0.4, 0.5) is 10.1 Å². The van der Waals surface area contributed by atoms with Crippen LogP contribution in [0.1, 0.15) is 30.6 Å². The van der Waals surface area contributed by atoms with E-state index in [4.69, 9.17) is 10.5 Å². The van der Waals surface area contributed by atoms with Crippen LogP contribution in [0.3, 0.4) is 0 Å². The van der Waals surface area contributed by atoms with Crippen LogP contribution in [0.15, 0.2) is 18.2 Å². The molecule has 1 aromatic rings. The van der Waals surface area contributed by atoms with Crippen LogP contribution in [0.2, 0.25) is 0 Å². The van der Waals surface area contributed by atoms with E-state index in [1.54, 1.807) is 0 Å². The van der Waals surface area contributed by atoms with E-state index in [1.165, 1.54) is 18.2 Å². The Balaban J connectivity index is 2.27. The summed E-state index contributed by atoms with van der Waals surface area (Å²) in [5.41, 5.74) is 5.96. The molecule has 0 bridgehead atoms. The molecule has 0 spiro atoms. The summed E-state index contributed by atoms with van der Waals surface area (Å²) in [6.07, 6.45) is 0.725. The maximum atomic E-state index is 13.1. The molecule has 0 aliphatic heterocycles. The van der Waals surface area contributed by atoms with Gasteiger partial charge in [-0.1, -0.05) is 13.8 Å². The summed E-state index contributed by atoms with van der Waals surface area (Å²) in [6.45, 7) is 5.97. The smallest absolute Gasteiger partial charge is 0.251 e. The Hall–Kier alpha value is -1.62. The van der Waals surface area contributed by atoms with Crippen molar-refractivity contribution in [3.8, 4) is 0 Å². The van der Waals surface area contributed by atoms with E-state index in [-0.39, 0.29) is 17.2 Å². The molecule has 19 heavy (non-hydrogen) atoms. The number of halogens is 1. The molecule has 0 aliphatic rings. The molecule has 0 aromatic heterocycles. The van der Waals surface area contributed by atoms with E-state index >= 15 is 0 Å². The molecular weight excluding hydrogens is 247 g/mol. The third-order valence-electron chi connectivity index (χ3n) is 2.38. The van der Waals surface area contributed by atoms with Gasteiger partial charge in [-0.15, -0.1) is 0 Å². The molecule has 4 nitrogen and oxygen atoms in total. The van der Waals surface area contributed by atoms with Gasteiger partial charge in [0.25, 0.3) is 5.91 Å². The Labute approximate surface area is 113 Å². The topological polar surface area (TPSA) is 64.3 Å². The van der Waals surface area contributed by atoms with Crippen molar-refractivity contribution in [3.05, 3.63) is 29.6 Å². The number of anilines is 1. The lowest BCUT2D eigenvalue weighted by atomic mass is 10.2. The molecule has 0 saturated carbocycles. The Kier molecular flexibility index (Phi) is 6.29. The van der Waals surface area contributed by atoms with Crippen molar-refractivity contribution in [2.24, 2.45) is 5.92 Å². The zero-order valence-electron chi connectivity index (χ0n) is 11.4. The molecule has 1 amide bonds. The Bertz CT molecular complexity index is 402. The summed E-state index contributed by atoms with van der Waals surface area (Å²) < 4.78 is 18.5. The quantitative estimate of drug-likeness (QED) is 0.588. The van der Waals surface area contributed by atoms with Crippen LogP contribution < -0.4 is 11.1 Å². The highest BCUT2D eigenvalue weighted by molar-refractivity contribution is 5.95. The Morgan fingerprint density at radius 3 is 2.79 bits per heavy atom. The van der Waals surface area contributed by atoms with E-state index < -0.39 is 5.82 Å². The van der Waals surface area contributed by atoms with Crippen LogP contribution in [-0.4, -0.2) is 25.7 Å². The van der Waals surface area contributed by atoms with Crippen LogP contribution in [0, 0.1) is 11.7 Å². The van der Waals surface area contributed by atoms with Gasteiger partial charge in [0.1, 0.15) is 5.82 Å². The molecule has 0 radical (unpaired) electrons. The minimum Gasteiger partial charge on any atom is -0.399 e. The lowest BCUT2D eigenvalue weighted by Gasteiger charge is -2.08. The number of carbonyl (C=O) groups excluding carboxylic acids is 1. The van der Waals surface area contributed by atoms with Crippen LogP contribution >= 0.6 is 0 Å². The van der Waals surface area contributed by atoms with E-state index in [9.17, 15) is 9.18 Å². The fraction of sp³-hybridized carbons (Fsp3) is 0.500. The molecule has 106 valence electrons. The maximum Gasteiger partial charge on any atom is 0.251 e. The lowest BCUT2D eigenvalue weighted by Crippen LogP contribution is -2.25. The van der Waals surface area contributed by atoms with Gasteiger partial charge >= 0.3 is 0 Å². The first-order valence-corrected chi connectivity index (χ1v) is 6.41. The standard InChI is InChI=1S/C14H21FN2O2/c1-10(2)9-19-5-3-4-17-14(18)11-6-12(15)8-13(16)7-11/h6-8,10H,3-5,9,16H2,1-2H3,(H,17,18). The highest BCUT2D eigenvalue weighted by atomic mass is 19.1. The van der Waals surface area contributed by atoms with Crippen molar-refractivity contribution in [2.75, 3.05) is 25.5 Å². The van der Waals surface area contributed by atoms with E-state index in [0.717, 1.165) is 6.42 Å². The Morgan fingerprint density at radius 2 is 2.16 bits per heavy atom. The average Bonchev–Trinajstić information content (AvgIpc) is 2.31. The van der Waals surface area contributed by atoms with Gasteiger partial charge in [0.15, 0.2) is 0 Å². The summed E-state index contributed by atoms with van der Waals surface area (Å²) in [7, 11) is 0.